The lowest BCUT2D eigenvalue weighted by atomic mass is 9.54. The van der Waals surface area contributed by atoms with Crippen LogP contribution in [0.4, 0.5) is 0 Å². The van der Waals surface area contributed by atoms with Gasteiger partial charge in [0, 0.05) is 36.4 Å². The largest absolute Gasteiger partial charge is 0.481 e. The molecule has 5 heteroatoms. The number of carboxylic acids is 1. The Morgan fingerprint density at radius 1 is 1.12 bits per heavy atom. The van der Waals surface area contributed by atoms with Crippen LogP contribution in [0.2, 0.25) is 0 Å². The number of unbranched alkanes of at least 4 members (excludes halogenated alkanes) is 1. The van der Waals surface area contributed by atoms with Crippen LogP contribution in [-0.4, -0.2) is 26.8 Å². The molecule has 1 aromatic heterocycles. The summed E-state index contributed by atoms with van der Waals surface area (Å²) in [6.07, 6.45) is 15.4. The number of aromatic nitrogens is 2. The third-order valence-corrected chi connectivity index (χ3v) is 8.55. The van der Waals surface area contributed by atoms with E-state index >= 15 is 0 Å². The molecule has 1 fully saturated rings. The summed E-state index contributed by atoms with van der Waals surface area (Å²) in [5.74, 6) is 1.24. The summed E-state index contributed by atoms with van der Waals surface area (Å²) < 4.78 is 0. The Morgan fingerprint density at radius 3 is 2.70 bits per heavy atom. The minimum Gasteiger partial charge on any atom is -0.481 e. The molecule has 0 saturated heterocycles. The average Bonchev–Trinajstić information content (AvgIpc) is 3.18. The van der Waals surface area contributed by atoms with Crippen LogP contribution >= 0.6 is 0 Å². The van der Waals surface area contributed by atoms with Gasteiger partial charge in [-0.1, -0.05) is 25.1 Å². The Labute approximate surface area is 195 Å². The number of carboxylic acid groups (broad SMARTS) is 1. The molecule has 1 aromatic carbocycles. The van der Waals surface area contributed by atoms with Crippen molar-refractivity contribution in [1.82, 2.24) is 9.97 Å². The summed E-state index contributed by atoms with van der Waals surface area (Å²) in [5.41, 5.74) is 6.38. The van der Waals surface area contributed by atoms with Gasteiger partial charge in [0.2, 0.25) is 0 Å². The van der Waals surface area contributed by atoms with E-state index in [0.29, 0.717) is 37.0 Å². The first-order chi connectivity index (χ1) is 16.0. The monoisotopic (exact) mass is 444 g/mol. The summed E-state index contributed by atoms with van der Waals surface area (Å²) >= 11 is 0. The molecule has 4 atom stereocenters. The molecule has 0 radical (unpaired) electrons. The van der Waals surface area contributed by atoms with Crippen molar-refractivity contribution < 1.29 is 14.7 Å². The van der Waals surface area contributed by atoms with Gasteiger partial charge in [-0.05, 0) is 90.9 Å². The molecule has 172 valence electrons. The Bertz CT molecular complexity index is 1090. The topological polar surface area (TPSA) is 80.2 Å². The number of aliphatic carboxylic acids is 1. The molecular weight excluding hydrogens is 412 g/mol. The van der Waals surface area contributed by atoms with Gasteiger partial charge in [-0.3, -0.25) is 9.59 Å². The van der Waals surface area contributed by atoms with E-state index in [1.165, 1.54) is 41.5 Å². The zero-order valence-corrected chi connectivity index (χ0v) is 19.3. The second-order valence-electron chi connectivity index (χ2n) is 10.3. The lowest BCUT2D eigenvalue weighted by Crippen LogP contribution is -2.41. The van der Waals surface area contributed by atoms with Crippen molar-refractivity contribution in [2.45, 2.75) is 70.6 Å². The number of rotatable bonds is 7. The molecule has 0 aliphatic heterocycles. The minimum atomic E-state index is -0.795. The number of Topliss-reactive ketones (excluding diaryl/α,β-unsaturated/α-hetero) is 1. The van der Waals surface area contributed by atoms with Gasteiger partial charge in [0.25, 0.3) is 0 Å². The predicted octanol–water partition coefficient (Wildman–Crippen LogP) is 5.85. The first-order valence-electron chi connectivity index (χ1n) is 12.3. The van der Waals surface area contributed by atoms with Crippen molar-refractivity contribution in [2.75, 3.05) is 0 Å². The molecule has 3 aliphatic carbocycles. The zero-order valence-electron chi connectivity index (χ0n) is 19.3. The first kappa shape index (κ1) is 22.0. The summed E-state index contributed by atoms with van der Waals surface area (Å²) in [4.78, 5) is 31.8. The number of allylic oxidation sites excluding steroid dienone is 2. The van der Waals surface area contributed by atoms with Crippen LogP contribution in [0.5, 0.6) is 0 Å². The number of benzene rings is 1. The van der Waals surface area contributed by atoms with Gasteiger partial charge in [-0.15, -0.1) is 0 Å². The van der Waals surface area contributed by atoms with Gasteiger partial charge in [0.1, 0.15) is 6.33 Å². The van der Waals surface area contributed by atoms with E-state index in [-0.39, 0.29) is 17.6 Å². The highest BCUT2D eigenvalue weighted by atomic mass is 16.4. The predicted molar refractivity (Wildman–Crippen MR) is 127 cm³/mol. The van der Waals surface area contributed by atoms with Crippen molar-refractivity contribution >= 4 is 17.3 Å². The number of ketones is 1. The fraction of sp³-hybridized carbons (Fsp3) is 0.500. The Hall–Kier alpha value is -2.82. The smallest absolute Gasteiger partial charge is 0.303 e. The second-order valence-corrected chi connectivity index (χ2v) is 10.3. The fourth-order valence-corrected chi connectivity index (χ4v) is 6.91. The lowest BCUT2D eigenvalue weighted by Gasteiger charge is -2.50. The highest BCUT2D eigenvalue weighted by Gasteiger charge is 2.51. The maximum atomic E-state index is 12.7. The fourth-order valence-electron chi connectivity index (χ4n) is 6.91. The van der Waals surface area contributed by atoms with Crippen LogP contribution in [0.25, 0.3) is 5.57 Å². The molecule has 2 aromatic rings. The van der Waals surface area contributed by atoms with Gasteiger partial charge in [-0.25, -0.2) is 9.97 Å². The highest BCUT2D eigenvalue weighted by Crippen LogP contribution is 2.63. The number of aryl methyl sites for hydroxylation is 1. The first-order valence-corrected chi connectivity index (χ1v) is 12.3. The minimum absolute atomic E-state index is 0.133. The van der Waals surface area contributed by atoms with Crippen molar-refractivity contribution in [3.8, 4) is 0 Å². The molecule has 0 unspecified atom stereocenters. The summed E-state index contributed by atoms with van der Waals surface area (Å²) in [6, 6.07) is 6.35. The van der Waals surface area contributed by atoms with Crippen molar-refractivity contribution in [1.29, 1.82) is 0 Å². The maximum Gasteiger partial charge on any atom is 0.303 e. The van der Waals surface area contributed by atoms with Gasteiger partial charge in [-0.2, -0.15) is 0 Å². The summed E-state index contributed by atoms with van der Waals surface area (Å²) in [5, 5.41) is 8.77. The highest BCUT2D eigenvalue weighted by molar-refractivity contribution is 5.96. The van der Waals surface area contributed by atoms with E-state index in [1.807, 2.05) is 18.5 Å². The molecule has 1 saturated carbocycles. The van der Waals surface area contributed by atoms with Gasteiger partial charge in [0.15, 0.2) is 5.78 Å². The van der Waals surface area contributed by atoms with Gasteiger partial charge < -0.3 is 5.11 Å². The Balaban J connectivity index is 1.30. The van der Waals surface area contributed by atoms with Crippen LogP contribution < -0.4 is 0 Å². The summed E-state index contributed by atoms with van der Waals surface area (Å²) in [6.45, 7) is 2.45. The molecule has 33 heavy (non-hydrogen) atoms. The molecular formula is C28H32N2O3. The number of fused-ring (bicyclic) bond motifs is 5. The summed E-state index contributed by atoms with van der Waals surface area (Å²) in [7, 11) is 0. The standard InChI is InChI=1S/C28H32N2O3/c1-28-13-12-22-21-8-7-19(26(31)4-2-3-5-27(32)33)14-18(21)6-9-23(22)25(28)11-10-24(28)20-15-29-17-30-16-20/h7-8,10,14-17,22-23,25H,2-6,9,11-13H2,1H3,(H,32,33)/t22-,23-,25+,28-/m1/s1. The molecule has 5 rings (SSSR count). The van der Waals surface area contributed by atoms with Crippen molar-refractivity contribution in [2.24, 2.45) is 17.3 Å². The molecule has 0 spiro atoms. The number of carbonyl (C=O) groups excluding carboxylic acids is 1. The van der Waals surface area contributed by atoms with Crippen LogP contribution in [0, 0.1) is 17.3 Å². The van der Waals surface area contributed by atoms with E-state index in [4.69, 9.17) is 5.11 Å². The molecule has 0 bridgehead atoms. The normalized spacial score (nSPS) is 27.8. The van der Waals surface area contributed by atoms with Gasteiger partial charge >= 0.3 is 5.97 Å². The zero-order chi connectivity index (χ0) is 23.0. The third kappa shape index (κ3) is 4.03. The van der Waals surface area contributed by atoms with E-state index < -0.39 is 5.97 Å². The van der Waals surface area contributed by atoms with Crippen LogP contribution in [0.1, 0.15) is 91.3 Å². The van der Waals surface area contributed by atoms with Gasteiger partial charge in [0.05, 0.1) is 0 Å². The van der Waals surface area contributed by atoms with E-state index in [2.05, 4.69) is 35.1 Å². The molecule has 3 aliphatic rings. The molecule has 0 amide bonds. The van der Waals surface area contributed by atoms with E-state index in [0.717, 1.165) is 18.4 Å². The van der Waals surface area contributed by atoms with Crippen molar-refractivity contribution in [3.05, 3.63) is 65.2 Å². The molecule has 5 nitrogen and oxygen atoms in total. The Morgan fingerprint density at radius 2 is 1.91 bits per heavy atom. The van der Waals surface area contributed by atoms with Crippen molar-refractivity contribution in [3.63, 3.8) is 0 Å². The van der Waals surface area contributed by atoms with Crippen LogP contribution in [0.3, 0.4) is 0 Å². The lowest BCUT2D eigenvalue weighted by molar-refractivity contribution is -0.137. The van der Waals surface area contributed by atoms with E-state index in [9.17, 15) is 9.59 Å². The number of carbonyl (C=O) groups is 2. The quantitative estimate of drug-likeness (QED) is 0.428. The third-order valence-electron chi connectivity index (χ3n) is 8.55. The van der Waals surface area contributed by atoms with Crippen LogP contribution in [-0.2, 0) is 11.2 Å². The number of hydrogen-bond donors (Lipinski definition) is 1. The maximum absolute atomic E-state index is 12.7. The number of nitrogens with zero attached hydrogens (tertiary/aromatic N) is 2. The van der Waals surface area contributed by atoms with Crippen LogP contribution in [0.15, 0.2) is 43.0 Å². The SMILES string of the molecule is C[C@]12CC[C@@H]3c4ccc(C(=O)CCCCC(=O)O)cc4CC[C@H]3[C@@H]1CC=C2c1cncnc1. The number of hydrogen-bond acceptors (Lipinski definition) is 4. The second kappa shape index (κ2) is 8.85. The molecule has 1 N–H and O–H groups in total. The molecule has 1 heterocycles. The average molecular weight is 445 g/mol. The Kier molecular flexibility index (Phi) is 5.90. The van der Waals surface area contributed by atoms with E-state index in [1.54, 1.807) is 6.33 Å².